The number of hydrogen-bond acceptors (Lipinski definition) is 2. The average Bonchev–Trinajstić information content (AvgIpc) is 2.76. The van der Waals surface area contributed by atoms with E-state index in [0.717, 1.165) is 16.6 Å². The molecule has 0 atom stereocenters. The molecule has 1 aromatic heterocycles. The Bertz CT molecular complexity index is 662. The van der Waals surface area contributed by atoms with Gasteiger partial charge in [-0.25, -0.2) is 4.39 Å². The molecule has 106 valence electrons. The van der Waals surface area contributed by atoms with Gasteiger partial charge in [0.05, 0.1) is 11.2 Å². The van der Waals surface area contributed by atoms with Crippen molar-refractivity contribution in [3.8, 4) is 0 Å². The van der Waals surface area contributed by atoms with Crippen LogP contribution < -0.4 is 5.46 Å². The molecule has 1 aliphatic rings. The van der Waals surface area contributed by atoms with Gasteiger partial charge in [0.25, 0.3) is 0 Å². The van der Waals surface area contributed by atoms with Crippen molar-refractivity contribution in [2.45, 2.75) is 45.8 Å². The molecule has 0 spiro atoms. The molecule has 1 saturated heterocycles. The van der Waals surface area contributed by atoms with Crippen LogP contribution >= 0.6 is 0 Å². The van der Waals surface area contributed by atoms with E-state index in [1.165, 1.54) is 6.07 Å². The lowest BCUT2D eigenvalue weighted by Crippen LogP contribution is -2.41. The van der Waals surface area contributed by atoms with Gasteiger partial charge in [-0.05, 0) is 52.8 Å². The van der Waals surface area contributed by atoms with Crippen molar-refractivity contribution in [2.24, 2.45) is 0 Å². The second-order valence-corrected chi connectivity index (χ2v) is 6.46. The Kier molecular flexibility index (Phi) is 2.79. The second-order valence-electron chi connectivity index (χ2n) is 6.46. The third-order valence-electron chi connectivity index (χ3n) is 4.42. The van der Waals surface area contributed by atoms with Gasteiger partial charge in [-0.1, -0.05) is 0 Å². The Morgan fingerprint density at radius 3 is 2.30 bits per heavy atom. The van der Waals surface area contributed by atoms with E-state index in [9.17, 15) is 4.39 Å². The van der Waals surface area contributed by atoms with E-state index in [4.69, 9.17) is 9.31 Å². The lowest BCUT2D eigenvalue weighted by atomic mass is 9.76. The van der Waals surface area contributed by atoms with E-state index in [1.807, 2.05) is 40.7 Å². The van der Waals surface area contributed by atoms with Crippen LogP contribution in [0.15, 0.2) is 18.2 Å². The topological polar surface area (TPSA) is 34.2 Å². The van der Waals surface area contributed by atoms with Crippen LogP contribution in [0.4, 0.5) is 4.39 Å². The number of nitrogens with one attached hydrogen (secondary N) is 1. The van der Waals surface area contributed by atoms with Crippen LogP contribution in [-0.4, -0.2) is 23.3 Å². The van der Waals surface area contributed by atoms with E-state index in [0.29, 0.717) is 5.46 Å². The standard InChI is InChI=1S/C15H19BFNO2/c1-9-8-10-12(18-9)7-6-11(17)13(10)16-19-14(2,3)15(4,5)20-16/h6-8,18H,1-5H3. The first-order valence-electron chi connectivity index (χ1n) is 6.85. The fourth-order valence-electron chi connectivity index (χ4n) is 2.54. The summed E-state index contributed by atoms with van der Waals surface area (Å²) in [6.07, 6.45) is 0. The average molecular weight is 275 g/mol. The van der Waals surface area contributed by atoms with E-state index < -0.39 is 18.3 Å². The van der Waals surface area contributed by atoms with Crippen molar-refractivity contribution in [1.82, 2.24) is 4.98 Å². The predicted octanol–water partition coefficient (Wildman–Crippen LogP) is 2.91. The fourth-order valence-corrected chi connectivity index (χ4v) is 2.54. The van der Waals surface area contributed by atoms with E-state index in [-0.39, 0.29) is 5.82 Å². The molecular weight excluding hydrogens is 256 g/mol. The van der Waals surface area contributed by atoms with E-state index in [2.05, 4.69) is 4.98 Å². The van der Waals surface area contributed by atoms with Crippen LogP contribution in [0.1, 0.15) is 33.4 Å². The molecule has 0 amide bonds. The summed E-state index contributed by atoms with van der Waals surface area (Å²) < 4.78 is 26.3. The van der Waals surface area contributed by atoms with Gasteiger partial charge in [0, 0.05) is 22.1 Å². The van der Waals surface area contributed by atoms with Gasteiger partial charge in [0.15, 0.2) is 0 Å². The lowest BCUT2D eigenvalue weighted by molar-refractivity contribution is 0.00578. The highest BCUT2D eigenvalue weighted by molar-refractivity contribution is 6.65. The summed E-state index contributed by atoms with van der Waals surface area (Å²) in [6, 6.07) is 5.13. The summed E-state index contributed by atoms with van der Waals surface area (Å²) in [4.78, 5) is 3.21. The first kappa shape index (κ1) is 13.6. The molecule has 0 saturated carbocycles. The molecule has 0 radical (unpaired) electrons. The van der Waals surface area contributed by atoms with Crippen LogP contribution in [0.25, 0.3) is 10.9 Å². The minimum absolute atomic E-state index is 0.296. The van der Waals surface area contributed by atoms with Crippen LogP contribution in [0.3, 0.4) is 0 Å². The van der Waals surface area contributed by atoms with Crippen molar-refractivity contribution in [2.75, 3.05) is 0 Å². The molecule has 2 heterocycles. The van der Waals surface area contributed by atoms with Gasteiger partial charge >= 0.3 is 7.12 Å². The van der Waals surface area contributed by atoms with Gasteiger partial charge in [0.2, 0.25) is 0 Å². The van der Waals surface area contributed by atoms with Crippen molar-refractivity contribution in [3.63, 3.8) is 0 Å². The summed E-state index contributed by atoms with van der Waals surface area (Å²) in [6.45, 7) is 9.81. The number of benzene rings is 1. The summed E-state index contributed by atoms with van der Waals surface area (Å²) in [5, 5.41) is 0.820. The smallest absolute Gasteiger partial charge is 0.399 e. The third-order valence-corrected chi connectivity index (χ3v) is 4.42. The maximum absolute atomic E-state index is 14.3. The molecule has 2 aromatic rings. The molecule has 5 heteroatoms. The number of hydrogen-bond donors (Lipinski definition) is 1. The predicted molar refractivity (Wildman–Crippen MR) is 78.7 cm³/mol. The minimum Gasteiger partial charge on any atom is -0.399 e. The molecule has 3 nitrogen and oxygen atoms in total. The fraction of sp³-hybridized carbons (Fsp3) is 0.467. The zero-order valence-electron chi connectivity index (χ0n) is 12.5. The zero-order valence-corrected chi connectivity index (χ0v) is 12.5. The molecule has 3 rings (SSSR count). The molecule has 0 unspecified atom stereocenters. The summed E-state index contributed by atoms with van der Waals surface area (Å²) in [5.74, 6) is -0.296. The first-order valence-corrected chi connectivity index (χ1v) is 6.85. The highest BCUT2D eigenvalue weighted by Crippen LogP contribution is 2.37. The molecule has 1 fully saturated rings. The quantitative estimate of drug-likeness (QED) is 0.812. The molecular formula is C15H19BFNO2. The third kappa shape index (κ3) is 1.88. The summed E-state index contributed by atoms with van der Waals surface area (Å²) in [7, 11) is -0.682. The van der Waals surface area contributed by atoms with Gasteiger partial charge in [0.1, 0.15) is 5.82 Å². The number of H-pyrrole nitrogens is 1. The molecule has 20 heavy (non-hydrogen) atoms. The maximum atomic E-state index is 14.3. The van der Waals surface area contributed by atoms with Crippen molar-refractivity contribution in [3.05, 3.63) is 29.7 Å². The highest BCUT2D eigenvalue weighted by Gasteiger charge is 2.52. The van der Waals surface area contributed by atoms with Crippen molar-refractivity contribution < 1.29 is 13.7 Å². The van der Waals surface area contributed by atoms with Crippen LogP contribution in [0, 0.1) is 12.7 Å². The van der Waals surface area contributed by atoms with Crippen LogP contribution in [0.5, 0.6) is 0 Å². The Labute approximate surface area is 118 Å². The molecule has 1 aliphatic heterocycles. The molecule has 1 N–H and O–H groups in total. The molecule has 1 aromatic carbocycles. The second kappa shape index (κ2) is 4.09. The van der Waals surface area contributed by atoms with Crippen molar-refractivity contribution in [1.29, 1.82) is 0 Å². The van der Waals surface area contributed by atoms with E-state index in [1.54, 1.807) is 6.07 Å². The number of rotatable bonds is 1. The Morgan fingerprint density at radius 2 is 1.70 bits per heavy atom. The lowest BCUT2D eigenvalue weighted by Gasteiger charge is -2.32. The number of aromatic nitrogens is 1. The number of aromatic amines is 1. The number of aryl methyl sites for hydroxylation is 1. The maximum Gasteiger partial charge on any atom is 0.498 e. The largest absolute Gasteiger partial charge is 0.498 e. The first-order chi connectivity index (χ1) is 9.21. The van der Waals surface area contributed by atoms with Gasteiger partial charge in [-0.2, -0.15) is 0 Å². The van der Waals surface area contributed by atoms with Gasteiger partial charge < -0.3 is 14.3 Å². The molecule has 0 bridgehead atoms. The molecule has 0 aliphatic carbocycles. The normalized spacial score (nSPS) is 20.8. The van der Waals surface area contributed by atoms with Crippen molar-refractivity contribution >= 4 is 23.5 Å². The van der Waals surface area contributed by atoms with Gasteiger partial charge in [-0.15, -0.1) is 0 Å². The van der Waals surface area contributed by atoms with E-state index >= 15 is 0 Å². The van der Waals surface area contributed by atoms with Crippen LogP contribution in [0.2, 0.25) is 0 Å². The Balaban J connectivity index is 2.14. The SMILES string of the molecule is Cc1cc2c(B3OC(C)(C)C(C)(C)O3)c(F)ccc2[nH]1. The summed E-state index contributed by atoms with van der Waals surface area (Å²) in [5.41, 5.74) is 1.41. The Hall–Kier alpha value is -1.33. The monoisotopic (exact) mass is 275 g/mol. The number of fused-ring (bicyclic) bond motifs is 1. The minimum atomic E-state index is -0.682. The zero-order chi connectivity index (χ0) is 14.7. The number of halogens is 1. The Morgan fingerprint density at radius 1 is 1.10 bits per heavy atom. The summed E-state index contributed by atoms with van der Waals surface area (Å²) >= 11 is 0. The highest BCUT2D eigenvalue weighted by atomic mass is 19.1. The van der Waals surface area contributed by atoms with Gasteiger partial charge in [-0.3, -0.25) is 0 Å². The van der Waals surface area contributed by atoms with Crippen LogP contribution in [-0.2, 0) is 9.31 Å².